The lowest BCUT2D eigenvalue weighted by Gasteiger charge is -2.10. The molecule has 10 nitrogen and oxygen atoms in total. The molecule has 3 heterocycles. The van der Waals surface area contributed by atoms with Crippen molar-refractivity contribution in [2.75, 3.05) is 4.72 Å². The molecule has 0 radical (unpaired) electrons. The van der Waals surface area contributed by atoms with Crippen molar-refractivity contribution in [3.8, 4) is 17.4 Å². The zero-order valence-electron chi connectivity index (χ0n) is 18.4. The number of benzene rings is 1. The van der Waals surface area contributed by atoms with Gasteiger partial charge in [0, 0.05) is 30.7 Å². The number of nitrogens with zero attached hydrogens (tertiary/aromatic N) is 6. The highest BCUT2D eigenvalue weighted by Crippen LogP contribution is 2.24. The molecule has 0 fully saturated rings. The molecule has 4 rings (SSSR count). The second-order valence-electron chi connectivity index (χ2n) is 7.42. The fraction of sp³-hybridized carbons (Fsp3) is 0.238. The smallest absolute Gasteiger partial charge is 0.280 e. The third-order valence-electron chi connectivity index (χ3n) is 4.72. The van der Waals surface area contributed by atoms with Gasteiger partial charge in [-0.15, -0.1) is 0 Å². The van der Waals surface area contributed by atoms with E-state index in [0.29, 0.717) is 34.8 Å². The van der Waals surface area contributed by atoms with Gasteiger partial charge in [-0.2, -0.15) is 18.5 Å². The zero-order chi connectivity index (χ0) is 23.0. The molecular formula is C21H23N7O3S. The molecule has 0 bridgehead atoms. The number of ether oxygens (including phenoxy) is 1. The van der Waals surface area contributed by atoms with E-state index < -0.39 is 10.0 Å². The minimum absolute atomic E-state index is 0.0361. The number of aryl methyl sites for hydroxylation is 5. The zero-order valence-corrected chi connectivity index (χ0v) is 19.2. The molecule has 0 saturated carbocycles. The molecule has 1 N–H and O–H groups in total. The van der Waals surface area contributed by atoms with Crippen LogP contribution in [0.15, 0.2) is 47.6 Å². The van der Waals surface area contributed by atoms with Crippen LogP contribution in [-0.2, 0) is 17.1 Å². The van der Waals surface area contributed by atoms with Gasteiger partial charge in [0.1, 0.15) is 17.4 Å². The lowest BCUT2D eigenvalue weighted by Crippen LogP contribution is -2.13. The highest BCUT2D eigenvalue weighted by Gasteiger charge is 2.18. The standard InChI is InChI=1S/C21H23N7O3S/c1-13-10-14(2)28(25-13)19-11-20(23-15(3)22-19)31-18-8-6-17(7-9-18)26-32(29,30)21-12-27(5)16(4)24-21/h6-12,26H,1-5H3. The van der Waals surface area contributed by atoms with Crippen LogP contribution >= 0.6 is 0 Å². The van der Waals surface area contributed by atoms with Crippen molar-refractivity contribution < 1.29 is 13.2 Å². The minimum atomic E-state index is -3.78. The maximum atomic E-state index is 12.5. The highest BCUT2D eigenvalue weighted by molar-refractivity contribution is 7.92. The monoisotopic (exact) mass is 453 g/mol. The summed E-state index contributed by atoms with van der Waals surface area (Å²) in [6.07, 6.45) is 1.47. The molecule has 166 valence electrons. The summed E-state index contributed by atoms with van der Waals surface area (Å²) in [6.45, 7) is 7.38. The second kappa shape index (κ2) is 8.08. The third kappa shape index (κ3) is 4.47. The molecule has 3 aromatic heterocycles. The summed E-state index contributed by atoms with van der Waals surface area (Å²) in [5.41, 5.74) is 2.23. The number of aromatic nitrogens is 6. The lowest BCUT2D eigenvalue weighted by atomic mass is 10.3. The maximum Gasteiger partial charge on any atom is 0.280 e. The number of sulfonamides is 1. The Morgan fingerprint density at radius 1 is 0.969 bits per heavy atom. The fourth-order valence-electron chi connectivity index (χ4n) is 3.12. The number of hydrogen-bond acceptors (Lipinski definition) is 7. The molecule has 0 unspecified atom stereocenters. The molecule has 11 heteroatoms. The summed E-state index contributed by atoms with van der Waals surface area (Å²) in [4.78, 5) is 12.8. The summed E-state index contributed by atoms with van der Waals surface area (Å²) >= 11 is 0. The van der Waals surface area contributed by atoms with Gasteiger partial charge in [-0.05, 0) is 58.0 Å². The SMILES string of the molecule is Cc1cc(C)n(-c2cc(Oc3ccc(NS(=O)(=O)c4cn(C)c(C)n4)cc3)nc(C)n2)n1. The van der Waals surface area contributed by atoms with E-state index in [-0.39, 0.29) is 5.03 Å². The number of imidazole rings is 1. The Morgan fingerprint density at radius 3 is 2.28 bits per heavy atom. The number of hydrogen-bond donors (Lipinski definition) is 1. The van der Waals surface area contributed by atoms with E-state index in [1.165, 1.54) is 6.20 Å². The molecule has 0 spiro atoms. The largest absolute Gasteiger partial charge is 0.439 e. The normalized spacial score (nSPS) is 11.5. The fourth-order valence-corrected chi connectivity index (χ4v) is 4.22. The second-order valence-corrected chi connectivity index (χ2v) is 9.05. The minimum Gasteiger partial charge on any atom is -0.439 e. The molecule has 0 amide bonds. The number of anilines is 1. The topological polar surface area (TPSA) is 117 Å². The van der Waals surface area contributed by atoms with E-state index in [0.717, 1.165) is 11.4 Å². The van der Waals surface area contributed by atoms with Crippen molar-refractivity contribution in [1.29, 1.82) is 0 Å². The van der Waals surface area contributed by atoms with Crippen LogP contribution in [0.3, 0.4) is 0 Å². The molecule has 4 aromatic rings. The predicted octanol–water partition coefficient (Wildman–Crippen LogP) is 3.22. The molecule has 0 aliphatic carbocycles. The molecule has 0 aliphatic heterocycles. The maximum absolute atomic E-state index is 12.5. The van der Waals surface area contributed by atoms with Crippen LogP contribution in [0, 0.1) is 27.7 Å². The van der Waals surface area contributed by atoms with Gasteiger partial charge in [0.15, 0.2) is 10.8 Å². The summed E-state index contributed by atoms with van der Waals surface area (Å²) in [6, 6.07) is 10.2. The predicted molar refractivity (Wildman–Crippen MR) is 119 cm³/mol. The van der Waals surface area contributed by atoms with Crippen molar-refractivity contribution in [1.82, 2.24) is 29.3 Å². The average molecular weight is 454 g/mol. The number of rotatable bonds is 6. The van der Waals surface area contributed by atoms with E-state index in [1.54, 1.807) is 60.5 Å². The number of nitrogens with one attached hydrogen (secondary N) is 1. The Kier molecular flexibility index (Phi) is 5.43. The molecule has 1 aromatic carbocycles. The van der Waals surface area contributed by atoms with Gasteiger partial charge >= 0.3 is 0 Å². The summed E-state index contributed by atoms with van der Waals surface area (Å²) in [5, 5.41) is 4.41. The first-order valence-electron chi connectivity index (χ1n) is 9.81. The molecule has 0 saturated heterocycles. The van der Waals surface area contributed by atoms with Crippen LogP contribution in [0.4, 0.5) is 5.69 Å². The van der Waals surface area contributed by atoms with Gasteiger partial charge in [-0.3, -0.25) is 4.72 Å². The Bertz CT molecular complexity index is 1370. The Morgan fingerprint density at radius 2 is 1.69 bits per heavy atom. The third-order valence-corrected chi connectivity index (χ3v) is 5.97. The van der Waals surface area contributed by atoms with E-state index in [1.807, 2.05) is 19.9 Å². The van der Waals surface area contributed by atoms with Gasteiger partial charge in [-0.25, -0.2) is 14.6 Å². The van der Waals surface area contributed by atoms with Gasteiger partial charge in [-0.1, -0.05) is 0 Å². The van der Waals surface area contributed by atoms with Crippen LogP contribution in [0.25, 0.3) is 5.82 Å². The van der Waals surface area contributed by atoms with E-state index in [9.17, 15) is 8.42 Å². The summed E-state index contributed by atoms with van der Waals surface area (Å²) in [7, 11) is -2.05. The lowest BCUT2D eigenvalue weighted by molar-refractivity contribution is 0.459. The van der Waals surface area contributed by atoms with Crippen LogP contribution in [-0.4, -0.2) is 37.7 Å². The quantitative estimate of drug-likeness (QED) is 0.476. The Labute approximate surface area is 186 Å². The van der Waals surface area contributed by atoms with Crippen LogP contribution in [0.2, 0.25) is 0 Å². The van der Waals surface area contributed by atoms with Crippen molar-refractivity contribution >= 4 is 15.7 Å². The first kappa shape index (κ1) is 21.5. The van der Waals surface area contributed by atoms with Crippen molar-refractivity contribution in [3.05, 3.63) is 65.6 Å². The van der Waals surface area contributed by atoms with Crippen LogP contribution in [0.5, 0.6) is 11.6 Å². The van der Waals surface area contributed by atoms with Gasteiger partial charge in [0.25, 0.3) is 10.0 Å². The van der Waals surface area contributed by atoms with Crippen molar-refractivity contribution in [2.45, 2.75) is 32.7 Å². The highest BCUT2D eigenvalue weighted by atomic mass is 32.2. The molecular weight excluding hydrogens is 430 g/mol. The van der Waals surface area contributed by atoms with Crippen LogP contribution < -0.4 is 9.46 Å². The molecule has 0 aliphatic rings. The summed E-state index contributed by atoms with van der Waals surface area (Å²) in [5.74, 6) is 2.61. The Balaban J connectivity index is 1.52. The molecule has 0 atom stereocenters. The Hall–Kier alpha value is -3.73. The molecule has 32 heavy (non-hydrogen) atoms. The van der Waals surface area contributed by atoms with Gasteiger partial charge < -0.3 is 9.30 Å². The van der Waals surface area contributed by atoms with Gasteiger partial charge in [0.2, 0.25) is 5.88 Å². The van der Waals surface area contributed by atoms with Crippen LogP contribution in [0.1, 0.15) is 23.0 Å². The van der Waals surface area contributed by atoms with E-state index in [4.69, 9.17) is 4.74 Å². The van der Waals surface area contributed by atoms with E-state index in [2.05, 4.69) is 24.8 Å². The summed E-state index contributed by atoms with van der Waals surface area (Å²) < 4.78 is 36.8. The van der Waals surface area contributed by atoms with Crippen molar-refractivity contribution in [3.63, 3.8) is 0 Å². The van der Waals surface area contributed by atoms with Gasteiger partial charge in [0.05, 0.1) is 5.69 Å². The first-order chi connectivity index (χ1) is 15.1. The van der Waals surface area contributed by atoms with Crippen molar-refractivity contribution in [2.24, 2.45) is 7.05 Å². The average Bonchev–Trinajstić information content (AvgIpc) is 3.24. The first-order valence-corrected chi connectivity index (χ1v) is 11.3. The van der Waals surface area contributed by atoms with E-state index >= 15 is 0 Å².